The molecule has 0 N–H and O–H groups in total. The summed E-state index contributed by atoms with van der Waals surface area (Å²) in [6.07, 6.45) is 0. The third-order valence-electron chi connectivity index (χ3n) is 0. The SMILES string of the molecule is [H-].[H-].[H-].[H-].[H-].[H-].[H-].[H-].[H-].[H-].[H-].[H-].[H-].[H-].[H-].[H-].[H-].[H-].[H-].[H-].[H-].[K+].[K+].[K+].[K+].[K+].[K+].[K+].[K+].[K+].[K+].[K+].[K+].[K+].[K+].[K+].[K+].[K+].[K+].[K+].[K+].[K+]. The van der Waals surface area contributed by atoms with Crippen molar-refractivity contribution in [1.82, 2.24) is 0 Å². The van der Waals surface area contributed by atoms with Crippen LogP contribution in [0.15, 0.2) is 0 Å². The van der Waals surface area contributed by atoms with Gasteiger partial charge in [0, 0.05) is 0 Å². The van der Waals surface area contributed by atoms with E-state index in [4.69, 9.17) is 0 Å². The largest absolute Gasteiger partial charge is 1.00 e. The Morgan fingerprint density at radius 2 is 0.0952 bits per heavy atom. The van der Waals surface area contributed by atoms with Crippen molar-refractivity contribution < 1.29 is 1110 Å². The van der Waals surface area contributed by atoms with Gasteiger partial charge in [-0.05, 0) is 0 Å². The molecule has 0 aromatic heterocycles. The number of hydrogen-bond acceptors (Lipinski definition) is 0. The molecule has 0 bridgehead atoms. The van der Waals surface area contributed by atoms with Crippen molar-refractivity contribution in [2.75, 3.05) is 0 Å². The monoisotopic (exact) mass is 839 g/mol. The minimum absolute atomic E-state index is 0. The third kappa shape index (κ3) is 126. The molecule has 0 aromatic rings. The minimum atomic E-state index is 0. The van der Waals surface area contributed by atoms with Crippen LogP contribution in [0.5, 0.6) is 0 Å². The molecular formula is H21K21. The van der Waals surface area contributed by atoms with Crippen LogP contribution in [0.4, 0.5) is 0 Å². The first-order chi connectivity index (χ1) is 0. The van der Waals surface area contributed by atoms with E-state index < -0.39 is 0 Å². The van der Waals surface area contributed by atoms with Crippen molar-refractivity contribution in [2.45, 2.75) is 0 Å². The van der Waals surface area contributed by atoms with E-state index in [1.807, 2.05) is 0 Å². The second-order valence-corrected chi connectivity index (χ2v) is 0. The number of hydrogen-bond donors (Lipinski definition) is 0. The van der Waals surface area contributed by atoms with Gasteiger partial charge in [-0.25, -0.2) is 0 Å². The molecule has 0 atom stereocenters. The quantitative estimate of drug-likeness (QED) is 0.213. The summed E-state index contributed by atoms with van der Waals surface area (Å²) in [6, 6.07) is 0. The Morgan fingerprint density at radius 1 is 0.0952 bits per heavy atom. The molecule has 0 aliphatic heterocycles. The van der Waals surface area contributed by atoms with Crippen LogP contribution >= 0.6 is 0 Å². The van der Waals surface area contributed by atoms with Gasteiger partial charge < -0.3 is 30.0 Å². The molecule has 0 heterocycles. The summed E-state index contributed by atoms with van der Waals surface area (Å²) in [5.41, 5.74) is 0. The molecule has 0 rings (SSSR count). The van der Waals surface area contributed by atoms with Crippen LogP contribution in [0.3, 0.4) is 0 Å². The summed E-state index contributed by atoms with van der Waals surface area (Å²) in [5.74, 6) is 0. The van der Waals surface area contributed by atoms with E-state index >= 15 is 0 Å². The Bertz CT molecular complexity index is 42.0. The van der Waals surface area contributed by atoms with Gasteiger partial charge >= 0.3 is 1080 Å². The third-order valence-corrected chi connectivity index (χ3v) is 0. The molecule has 0 nitrogen and oxygen atoms in total. The van der Waals surface area contributed by atoms with E-state index in [9.17, 15) is 0 Å². The van der Waals surface area contributed by atoms with Gasteiger partial charge in [-0.1, -0.05) is 0 Å². The molecule has 0 unspecified atom stereocenters. The molecule has 21 heteroatoms. The fourth-order valence-electron chi connectivity index (χ4n) is 0. The van der Waals surface area contributed by atoms with Crippen molar-refractivity contribution in [3.05, 3.63) is 0 Å². The Labute approximate surface area is 1060 Å². The first kappa shape index (κ1) is 139. The first-order valence-electron chi connectivity index (χ1n) is 0. The summed E-state index contributed by atoms with van der Waals surface area (Å²) >= 11 is 0. The molecule has 0 amide bonds. The van der Waals surface area contributed by atoms with E-state index in [0.29, 0.717) is 0 Å². The van der Waals surface area contributed by atoms with Crippen LogP contribution in [0, 0.1) is 0 Å². The molecule has 0 aliphatic rings. The molecule has 0 fully saturated rings. The van der Waals surface area contributed by atoms with Gasteiger partial charge in [0.15, 0.2) is 0 Å². The zero-order valence-corrected chi connectivity index (χ0v) is 86.6. The minimum Gasteiger partial charge on any atom is -1.00 e. The van der Waals surface area contributed by atoms with E-state index in [-0.39, 0.29) is 1110 Å². The Kier molecular flexibility index (Phi) is 865. The molecule has 21 heavy (non-hydrogen) atoms. The predicted molar refractivity (Wildman–Crippen MR) is 23.4 cm³/mol. The van der Waals surface area contributed by atoms with Crippen LogP contribution in [0.2, 0.25) is 0 Å². The predicted octanol–water partition coefficient (Wildman–Crippen LogP) is -60.6. The maximum Gasteiger partial charge on any atom is 1.00 e. The summed E-state index contributed by atoms with van der Waals surface area (Å²) in [4.78, 5) is 0. The number of rotatable bonds is 0. The molecule has 0 saturated heterocycles. The van der Waals surface area contributed by atoms with Crippen LogP contribution in [-0.2, 0) is 0 Å². The van der Waals surface area contributed by atoms with Crippen molar-refractivity contribution >= 4 is 0 Å². The zero-order valence-electron chi connectivity index (χ0n) is 42.0. The van der Waals surface area contributed by atoms with Gasteiger partial charge in [0.05, 0.1) is 0 Å². The molecule has 0 spiro atoms. The first-order valence-corrected chi connectivity index (χ1v) is 0. The average molecular weight is 842 g/mol. The summed E-state index contributed by atoms with van der Waals surface area (Å²) in [6.45, 7) is 0. The van der Waals surface area contributed by atoms with E-state index in [1.54, 1.807) is 0 Å². The van der Waals surface area contributed by atoms with Crippen LogP contribution in [-0.4, -0.2) is 0 Å². The topological polar surface area (TPSA) is 0 Å². The second kappa shape index (κ2) is 131. The Morgan fingerprint density at radius 3 is 0.0952 bits per heavy atom. The summed E-state index contributed by atoms with van der Waals surface area (Å²) in [5, 5.41) is 0. The van der Waals surface area contributed by atoms with Crippen molar-refractivity contribution in [1.29, 1.82) is 0 Å². The molecule has 0 radical (unpaired) electrons. The molecule has 42 valence electrons. The second-order valence-electron chi connectivity index (χ2n) is 0. The maximum absolute atomic E-state index is 0. The van der Waals surface area contributed by atoms with E-state index in [0.717, 1.165) is 0 Å². The molecular weight excluding hydrogens is 821 g/mol. The van der Waals surface area contributed by atoms with Gasteiger partial charge in [0.1, 0.15) is 0 Å². The zero-order chi connectivity index (χ0) is 0. The standard InChI is InChI=1S/21K.21H/q21*+1;21*-1. The van der Waals surface area contributed by atoms with Gasteiger partial charge in [0.2, 0.25) is 0 Å². The normalized spacial score (nSPS) is 0. The fraction of sp³-hybridized carbons (Fsp3) is 0. The fourth-order valence-corrected chi connectivity index (χ4v) is 0. The Balaban J connectivity index is 0. The molecule has 0 aromatic carbocycles. The van der Waals surface area contributed by atoms with Crippen LogP contribution < -0.4 is 1080 Å². The van der Waals surface area contributed by atoms with Crippen LogP contribution in [0.1, 0.15) is 30.0 Å². The van der Waals surface area contributed by atoms with Crippen LogP contribution in [0.25, 0.3) is 0 Å². The molecule has 0 aliphatic carbocycles. The maximum atomic E-state index is 0. The van der Waals surface area contributed by atoms with Gasteiger partial charge in [-0.15, -0.1) is 0 Å². The van der Waals surface area contributed by atoms with Crippen molar-refractivity contribution in [2.24, 2.45) is 0 Å². The summed E-state index contributed by atoms with van der Waals surface area (Å²) < 4.78 is 0. The van der Waals surface area contributed by atoms with E-state index in [2.05, 4.69) is 0 Å². The van der Waals surface area contributed by atoms with Gasteiger partial charge in [0.25, 0.3) is 0 Å². The Hall–Kier alpha value is 34.4. The average Bonchev–Trinajstić information content (AvgIpc) is 0. The molecule has 0 saturated carbocycles. The van der Waals surface area contributed by atoms with Crippen molar-refractivity contribution in [3.63, 3.8) is 0 Å². The van der Waals surface area contributed by atoms with Crippen molar-refractivity contribution in [3.8, 4) is 0 Å². The van der Waals surface area contributed by atoms with Gasteiger partial charge in [-0.2, -0.15) is 0 Å². The van der Waals surface area contributed by atoms with E-state index in [1.165, 1.54) is 0 Å². The van der Waals surface area contributed by atoms with Gasteiger partial charge in [-0.3, -0.25) is 0 Å². The smallest absolute Gasteiger partial charge is 1.00 e. The summed E-state index contributed by atoms with van der Waals surface area (Å²) in [7, 11) is 0.